The first-order valence-electron chi connectivity index (χ1n) is 8.13. The molecule has 0 spiro atoms. The number of aryl methyl sites for hydroxylation is 1. The standard InChI is InChI=1S/C19H18FN5O.ClH/c1-13-11-17(25-18(23-13)15-3-2-9-21-12-15)24-16-6-4-14(5-7-16)19(26)22-10-8-20;/h2-7,9,11-12H,8,10H2,1H3,(H,22,26)(H,23,24,25);1H. The van der Waals surface area contributed by atoms with Crippen molar-refractivity contribution in [2.75, 3.05) is 18.5 Å². The van der Waals surface area contributed by atoms with Gasteiger partial charge in [0.1, 0.15) is 12.5 Å². The fourth-order valence-corrected chi connectivity index (χ4v) is 2.37. The van der Waals surface area contributed by atoms with Crippen LogP contribution in [0.2, 0.25) is 0 Å². The van der Waals surface area contributed by atoms with Crippen molar-refractivity contribution in [2.45, 2.75) is 6.92 Å². The van der Waals surface area contributed by atoms with Crippen LogP contribution >= 0.6 is 12.4 Å². The summed E-state index contributed by atoms with van der Waals surface area (Å²) < 4.78 is 12.1. The molecule has 0 atom stereocenters. The molecule has 1 amide bonds. The lowest BCUT2D eigenvalue weighted by molar-refractivity contribution is 0.0951. The van der Waals surface area contributed by atoms with Crippen molar-refractivity contribution in [1.29, 1.82) is 0 Å². The topological polar surface area (TPSA) is 79.8 Å². The summed E-state index contributed by atoms with van der Waals surface area (Å²) in [5.41, 5.74) is 2.91. The molecule has 3 aromatic rings. The highest BCUT2D eigenvalue weighted by Gasteiger charge is 2.07. The van der Waals surface area contributed by atoms with E-state index in [1.165, 1.54) is 0 Å². The van der Waals surface area contributed by atoms with Crippen molar-refractivity contribution < 1.29 is 9.18 Å². The van der Waals surface area contributed by atoms with Crippen LogP contribution in [0, 0.1) is 6.92 Å². The van der Waals surface area contributed by atoms with Gasteiger partial charge in [0.2, 0.25) is 0 Å². The number of nitrogens with zero attached hydrogens (tertiary/aromatic N) is 3. The number of aromatic nitrogens is 3. The van der Waals surface area contributed by atoms with Gasteiger partial charge in [-0.2, -0.15) is 0 Å². The van der Waals surface area contributed by atoms with Crippen LogP contribution in [0.5, 0.6) is 0 Å². The van der Waals surface area contributed by atoms with Crippen molar-refractivity contribution in [2.24, 2.45) is 0 Å². The Morgan fingerprint density at radius 3 is 2.59 bits per heavy atom. The minimum absolute atomic E-state index is 0. The molecule has 0 radical (unpaired) electrons. The van der Waals surface area contributed by atoms with Gasteiger partial charge in [0.15, 0.2) is 5.82 Å². The molecule has 0 saturated carbocycles. The number of nitrogens with one attached hydrogen (secondary N) is 2. The fourth-order valence-electron chi connectivity index (χ4n) is 2.37. The van der Waals surface area contributed by atoms with Gasteiger partial charge in [-0.3, -0.25) is 9.78 Å². The second-order valence-corrected chi connectivity index (χ2v) is 5.61. The van der Waals surface area contributed by atoms with Crippen molar-refractivity contribution in [1.82, 2.24) is 20.3 Å². The van der Waals surface area contributed by atoms with Gasteiger partial charge in [0.05, 0.1) is 0 Å². The monoisotopic (exact) mass is 387 g/mol. The highest BCUT2D eigenvalue weighted by atomic mass is 35.5. The third kappa shape index (κ3) is 5.46. The first kappa shape index (κ1) is 20.3. The number of rotatable bonds is 6. The SMILES string of the molecule is Cc1cc(Nc2ccc(C(=O)NCCF)cc2)nc(-c2cccnc2)n1.Cl. The van der Waals surface area contributed by atoms with Crippen LogP contribution in [-0.4, -0.2) is 34.1 Å². The maximum atomic E-state index is 12.1. The number of anilines is 2. The lowest BCUT2D eigenvalue weighted by atomic mass is 10.2. The highest BCUT2D eigenvalue weighted by Crippen LogP contribution is 2.20. The number of hydrogen-bond acceptors (Lipinski definition) is 5. The van der Waals surface area contributed by atoms with Crippen molar-refractivity contribution in [3.63, 3.8) is 0 Å². The Bertz CT molecular complexity index is 890. The van der Waals surface area contributed by atoms with Crippen molar-refractivity contribution in [3.05, 3.63) is 66.1 Å². The summed E-state index contributed by atoms with van der Waals surface area (Å²) in [6.07, 6.45) is 3.41. The molecular weight excluding hydrogens is 369 g/mol. The zero-order chi connectivity index (χ0) is 18.4. The molecule has 3 rings (SSSR count). The van der Waals surface area contributed by atoms with E-state index >= 15 is 0 Å². The van der Waals surface area contributed by atoms with Gasteiger partial charge >= 0.3 is 0 Å². The third-order valence-corrected chi connectivity index (χ3v) is 3.57. The van der Waals surface area contributed by atoms with Crippen LogP contribution in [0.4, 0.5) is 15.9 Å². The van der Waals surface area contributed by atoms with Crippen LogP contribution in [0.15, 0.2) is 54.9 Å². The predicted molar refractivity (Wildman–Crippen MR) is 105 cm³/mol. The molecule has 2 aromatic heterocycles. The molecule has 0 aliphatic carbocycles. The van der Waals surface area contributed by atoms with Gasteiger partial charge in [-0.1, -0.05) is 0 Å². The van der Waals surface area contributed by atoms with Crippen LogP contribution < -0.4 is 10.6 Å². The van der Waals surface area contributed by atoms with Crippen LogP contribution in [0.3, 0.4) is 0 Å². The lowest BCUT2D eigenvalue weighted by Crippen LogP contribution is -2.25. The van der Waals surface area contributed by atoms with Gasteiger partial charge in [-0.15, -0.1) is 12.4 Å². The summed E-state index contributed by atoms with van der Waals surface area (Å²) in [6.45, 7) is 1.32. The van der Waals surface area contributed by atoms with Gasteiger partial charge in [0, 0.05) is 47.5 Å². The summed E-state index contributed by atoms with van der Waals surface area (Å²) in [5.74, 6) is 0.930. The highest BCUT2D eigenvalue weighted by molar-refractivity contribution is 5.94. The average molecular weight is 388 g/mol. The predicted octanol–water partition coefficient (Wildman–Crippen LogP) is 3.71. The first-order chi connectivity index (χ1) is 12.7. The van der Waals surface area contributed by atoms with Gasteiger partial charge in [0.25, 0.3) is 5.91 Å². The molecule has 2 N–H and O–H groups in total. The summed E-state index contributed by atoms with van der Waals surface area (Å²) >= 11 is 0. The maximum absolute atomic E-state index is 12.1. The van der Waals surface area contributed by atoms with E-state index in [0.717, 1.165) is 16.9 Å². The minimum Gasteiger partial charge on any atom is -0.349 e. The normalized spacial score (nSPS) is 10.0. The van der Waals surface area contributed by atoms with E-state index in [-0.39, 0.29) is 24.9 Å². The van der Waals surface area contributed by atoms with Gasteiger partial charge in [-0.25, -0.2) is 14.4 Å². The molecule has 6 nitrogen and oxygen atoms in total. The number of carbonyl (C=O) groups is 1. The molecule has 1 aromatic carbocycles. The van der Waals surface area contributed by atoms with E-state index < -0.39 is 6.67 Å². The number of halogens is 2. The second-order valence-electron chi connectivity index (χ2n) is 5.61. The molecule has 140 valence electrons. The molecule has 0 unspecified atom stereocenters. The fraction of sp³-hybridized carbons (Fsp3) is 0.158. The Labute approximate surface area is 162 Å². The first-order valence-corrected chi connectivity index (χ1v) is 8.13. The number of benzene rings is 1. The molecule has 0 aliphatic heterocycles. The molecule has 0 saturated heterocycles. The molecule has 0 bridgehead atoms. The zero-order valence-corrected chi connectivity index (χ0v) is 15.5. The summed E-state index contributed by atoms with van der Waals surface area (Å²) in [6, 6.07) is 12.5. The number of carbonyl (C=O) groups excluding carboxylic acids is 1. The average Bonchev–Trinajstić information content (AvgIpc) is 2.67. The van der Waals surface area contributed by atoms with E-state index in [1.807, 2.05) is 25.1 Å². The van der Waals surface area contributed by atoms with Gasteiger partial charge in [-0.05, 0) is 43.3 Å². The van der Waals surface area contributed by atoms with E-state index in [1.54, 1.807) is 36.7 Å². The lowest BCUT2D eigenvalue weighted by Gasteiger charge is -2.09. The molecule has 0 aliphatic rings. The Balaban J connectivity index is 0.00000261. The number of alkyl halides is 1. The Morgan fingerprint density at radius 2 is 1.93 bits per heavy atom. The molecular formula is C19H19ClFN5O. The molecule has 27 heavy (non-hydrogen) atoms. The summed E-state index contributed by atoms with van der Waals surface area (Å²) in [4.78, 5) is 24.8. The Hall–Kier alpha value is -3.06. The quantitative estimate of drug-likeness (QED) is 0.674. The molecule has 0 fully saturated rings. The third-order valence-electron chi connectivity index (χ3n) is 3.57. The van der Waals surface area contributed by atoms with E-state index in [2.05, 4.69) is 25.6 Å². The number of amides is 1. The number of pyridine rings is 1. The molecule has 2 heterocycles. The summed E-state index contributed by atoms with van der Waals surface area (Å²) in [7, 11) is 0. The van der Waals surface area contributed by atoms with E-state index in [0.29, 0.717) is 17.2 Å². The Morgan fingerprint density at radius 1 is 1.15 bits per heavy atom. The minimum atomic E-state index is -0.586. The maximum Gasteiger partial charge on any atom is 0.251 e. The van der Waals surface area contributed by atoms with Crippen LogP contribution in [-0.2, 0) is 0 Å². The van der Waals surface area contributed by atoms with Crippen molar-refractivity contribution >= 4 is 29.8 Å². The zero-order valence-electron chi connectivity index (χ0n) is 14.6. The van der Waals surface area contributed by atoms with Crippen LogP contribution in [0.25, 0.3) is 11.4 Å². The van der Waals surface area contributed by atoms with E-state index in [9.17, 15) is 9.18 Å². The number of hydrogen-bond donors (Lipinski definition) is 2. The largest absolute Gasteiger partial charge is 0.349 e. The summed E-state index contributed by atoms with van der Waals surface area (Å²) in [5, 5.41) is 5.69. The van der Waals surface area contributed by atoms with Crippen LogP contribution in [0.1, 0.15) is 16.1 Å². The van der Waals surface area contributed by atoms with Crippen molar-refractivity contribution in [3.8, 4) is 11.4 Å². The van der Waals surface area contributed by atoms with Gasteiger partial charge < -0.3 is 10.6 Å². The smallest absolute Gasteiger partial charge is 0.251 e. The molecule has 8 heteroatoms. The second kappa shape index (κ2) is 9.59. The van der Waals surface area contributed by atoms with E-state index in [4.69, 9.17) is 0 Å². The Kier molecular flexibility index (Phi) is 7.19.